The summed E-state index contributed by atoms with van der Waals surface area (Å²) in [6, 6.07) is 0.576. The Balaban J connectivity index is 1.46. The topological polar surface area (TPSA) is 20.3 Å². The SMILES string of the molecule is O=C(CSC1CCCC1)N1CC2CC1CS2. The molecule has 2 nitrogen and oxygen atoms in total. The number of fused-ring (bicyclic) bond motifs is 2. The van der Waals surface area contributed by atoms with E-state index >= 15 is 0 Å². The highest BCUT2D eigenvalue weighted by Gasteiger charge is 2.40. The second kappa shape index (κ2) is 4.81. The van der Waals surface area contributed by atoms with Crippen molar-refractivity contribution in [3.63, 3.8) is 0 Å². The van der Waals surface area contributed by atoms with Crippen LogP contribution in [0.5, 0.6) is 0 Å². The summed E-state index contributed by atoms with van der Waals surface area (Å²) in [5, 5.41) is 1.53. The Morgan fingerprint density at radius 2 is 2.19 bits per heavy atom. The molecule has 2 heterocycles. The Kier molecular flexibility index (Phi) is 3.39. The zero-order chi connectivity index (χ0) is 11.0. The van der Waals surface area contributed by atoms with Crippen molar-refractivity contribution in [2.24, 2.45) is 0 Å². The number of likely N-dealkylation sites (tertiary alicyclic amines) is 1. The molecule has 3 aliphatic rings. The number of thioether (sulfide) groups is 2. The van der Waals surface area contributed by atoms with E-state index < -0.39 is 0 Å². The van der Waals surface area contributed by atoms with Crippen LogP contribution in [0.25, 0.3) is 0 Å². The lowest BCUT2D eigenvalue weighted by Crippen LogP contribution is -2.40. The van der Waals surface area contributed by atoms with Crippen LogP contribution in [0.4, 0.5) is 0 Å². The van der Waals surface area contributed by atoms with E-state index in [1.54, 1.807) is 0 Å². The van der Waals surface area contributed by atoms with Crippen LogP contribution in [0.1, 0.15) is 32.1 Å². The molecule has 0 aromatic heterocycles. The summed E-state index contributed by atoms with van der Waals surface area (Å²) in [5.74, 6) is 2.33. The minimum absolute atomic E-state index is 0.407. The van der Waals surface area contributed by atoms with E-state index in [0.29, 0.717) is 11.9 Å². The zero-order valence-corrected chi connectivity index (χ0v) is 11.2. The molecular formula is C12H19NOS2. The van der Waals surface area contributed by atoms with Gasteiger partial charge in [0.25, 0.3) is 0 Å². The lowest BCUT2D eigenvalue weighted by molar-refractivity contribution is -0.128. The summed E-state index contributed by atoms with van der Waals surface area (Å²) in [5.41, 5.74) is 0. The number of carbonyl (C=O) groups excluding carboxylic acids is 1. The van der Waals surface area contributed by atoms with Gasteiger partial charge in [-0.05, 0) is 19.3 Å². The number of amides is 1. The van der Waals surface area contributed by atoms with Gasteiger partial charge in [-0.2, -0.15) is 11.8 Å². The van der Waals surface area contributed by atoms with Crippen molar-refractivity contribution in [3.05, 3.63) is 0 Å². The summed E-state index contributed by atoms with van der Waals surface area (Å²) in [7, 11) is 0. The van der Waals surface area contributed by atoms with Gasteiger partial charge in [0.2, 0.25) is 5.91 Å². The Labute approximate surface area is 106 Å². The lowest BCUT2D eigenvalue weighted by atomic mass is 10.2. The molecule has 1 saturated carbocycles. The van der Waals surface area contributed by atoms with Gasteiger partial charge in [0.1, 0.15) is 0 Å². The number of hydrogen-bond donors (Lipinski definition) is 0. The molecule has 2 atom stereocenters. The third kappa shape index (κ3) is 2.23. The average molecular weight is 257 g/mol. The van der Waals surface area contributed by atoms with E-state index in [1.807, 2.05) is 11.8 Å². The van der Waals surface area contributed by atoms with Gasteiger partial charge in [0.05, 0.1) is 5.75 Å². The van der Waals surface area contributed by atoms with Crippen molar-refractivity contribution >= 4 is 29.4 Å². The molecule has 1 amide bonds. The molecule has 2 saturated heterocycles. The number of nitrogens with zero attached hydrogens (tertiary/aromatic N) is 1. The molecule has 2 bridgehead atoms. The van der Waals surface area contributed by atoms with Gasteiger partial charge in [-0.25, -0.2) is 0 Å². The minimum Gasteiger partial charge on any atom is -0.337 e. The summed E-state index contributed by atoms with van der Waals surface area (Å²) < 4.78 is 0. The van der Waals surface area contributed by atoms with Gasteiger partial charge >= 0.3 is 0 Å². The fourth-order valence-corrected chi connectivity index (χ4v) is 5.68. The second-order valence-corrected chi connectivity index (χ2v) is 7.73. The number of hydrogen-bond acceptors (Lipinski definition) is 3. The van der Waals surface area contributed by atoms with Crippen LogP contribution in [-0.2, 0) is 4.79 Å². The van der Waals surface area contributed by atoms with Gasteiger partial charge < -0.3 is 4.90 Å². The van der Waals surface area contributed by atoms with Crippen LogP contribution in [-0.4, -0.2) is 45.4 Å². The molecular weight excluding hydrogens is 238 g/mol. The highest BCUT2D eigenvalue weighted by atomic mass is 32.2. The maximum absolute atomic E-state index is 12.1. The first-order valence-corrected chi connectivity index (χ1v) is 8.45. The van der Waals surface area contributed by atoms with Crippen LogP contribution in [0, 0.1) is 0 Å². The highest BCUT2D eigenvalue weighted by Crippen LogP contribution is 2.38. The van der Waals surface area contributed by atoms with Gasteiger partial charge in [-0.15, -0.1) is 11.8 Å². The van der Waals surface area contributed by atoms with Crippen LogP contribution >= 0.6 is 23.5 Å². The summed E-state index contributed by atoms with van der Waals surface area (Å²) in [6.07, 6.45) is 6.66. The Morgan fingerprint density at radius 1 is 1.38 bits per heavy atom. The predicted octanol–water partition coefficient (Wildman–Crippen LogP) is 2.38. The maximum Gasteiger partial charge on any atom is 0.232 e. The highest BCUT2D eigenvalue weighted by molar-refractivity contribution is 8.00. The van der Waals surface area contributed by atoms with Crippen LogP contribution in [0.15, 0.2) is 0 Å². The van der Waals surface area contributed by atoms with Crippen LogP contribution in [0.3, 0.4) is 0 Å². The zero-order valence-electron chi connectivity index (χ0n) is 9.56. The van der Waals surface area contributed by atoms with E-state index in [9.17, 15) is 4.79 Å². The van der Waals surface area contributed by atoms with E-state index in [0.717, 1.165) is 22.8 Å². The molecule has 2 aliphatic heterocycles. The van der Waals surface area contributed by atoms with Gasteiger partial charge in [-0.3, -0.25) is 4.79 Å². The number of carbonyl (C=O) groups is 1. The largest absolute Gasteiger partial charge is 0.337 e. The lowest BCUT2D eigenvalue weighted by Gasteiger charge is -2.27. The predicted molar refractivity (Wildman–Crippen MR) is 71.1 cm³/mol. The smallest absolute Gasteiger partial charge is 0.232 e. The summed E-state index contributed by atoms with van der Waals surface area (Å²) in [4.78, 5) is 14.2. The molecule has 90 valence electrons. The molecule has 0 spiro atoms. The van der Waals surface area contributed by atoms with Gasteiger partial charge in [0, 0.05) is 28.8 Å². The first-order chi connectivity index (χ1) is 7.83. The van der Waals surface area contributed by atoms with Crippen molar-refractivity contribution in [2.75, 3.05) is 18.1 Å². The third-order valence-corrected chi connectivity index (χ3v) is 6.71. The molecule has 0 aromatic rings. The van der Waals surface area contributed by atoms with E-state index in [4.69, 9.17) is 0 Å². The second-order valence-electron chi connectivity index (χ2n) is 5.11. The molecule has 0 N–H and O–H groups in total. The fraction of sp³-hybridized carbons (Fsp3) is 0.917. The fourth-order valence-electron chi connectivity index (χ4n) is 3.03. The first-order valence-electron chi connectivity index (χ1n) is 6.35. The molecule has 16 heavy (non-hydrogen) atoms. The van der Waals surface area contributed by atoms with Crippen molar-refractivity contribution in [1.82, 2.24) is 4.90 Å². The van der Waals surface area contributed by atoms with Crippen molar-refractivity contribution in [2.45, 2.75) is 48.6 Å². The quantitative estimate of drug-likeness (QED) is 0.774. The van der Waals surface area contributed by atoms with E-state index in [2.05, 4.69) is 16.7 Å². The molecule has 1 aliphatic carbocycles. The third-order valence-electron chi connectivity index (χ3n) is 3.97. The Morgan fingerprint density at radius 3 is 2.81 bits per heavy atom. The van der Waals surface area contributed by atoms with Crippen molar-refractivity contribution in [3.8, 4) is 0 Å². The first kappa shape index (κ1) is 11.3. The Hall–Kier alpha value is 0.170. The summed E-state index contributed by atoms with van der Waals surface area (Å²) in [6.45, 7) is 1.03. The minimum atomic E-state index is 0.407. The van der Waals surface area contributed by atoms with Crippen LogP contribution in [0.2, 0.25) is 0 Å². The molecule has 3 fully saturated rings. The molecule has 3 rings (SSSR count). The monoisotopic (exact) mass is 257 g/mol. The van der Waals surface area contributed by atoms with Gasteiger partial charge in [-0.1, -0.05) is 12.8 Å². The summed E-state index contributed by atoms with van der Waals surface area (Å²) >= 11 is 3.96. The maximum atomic E-state index is 12.1. The molecule has 4 heteroatoms. The van der Waals surface area contributed by atoms with Crippen LogP contribution < -0.4 is 0 Å². The van der Waals surface area contributed by atoms with Gasteiger partial charge in [0.15, 0.2) is 0 Å². The van der Waals surface area contributed by atoms with Crippen molar-refractivity contribution < 1.29 is 4.79 Å². The van der Waals surface area contributed by atoms with E-state index in [1.165, 1.54) is 37.9 Å². The Bertz CT molecular complexity index is 278. The van der Waals surface area contributed by atoms with Crippen molar-refractivity contribution in [1.29, 1.82) is 0 Å². The average Bonchev–Trinajstić information content (AvgIpc) is 3.01. The standard InChI is InChI=1S/C12H19NOS2/c14-12(8-16-10-3-1-2-4-10)13-6-11-5-9(13)7-15-11/h9-11H,1-8H2. The number of rotatable bonds is 3. The molecule has 0 radical (unpaired) electrons. The van der Waals surface area contributed by atoms with E-state index in [-0.39, 0.29) is 0 Å². The molecule has 2 unspecified atom stereocenters. The normalized spacial score (nSPS) is 33.9. The molecule has 0 aromatic carbocycles.